The molecule has 2 aromatic rings. The largest absolute Gasteiger partial charge is 0.478 e. The lowest BCUT2D eigenvalue weighted by molar-refractivity contribution is 0.0694. The lowest BCUT2D eigenvalue weighted by Crippen LogP contribution is -1.99. The smallest absolute Gasteiger partial charge is 0.339 e. The molecule has 2 rings (SSSR count). The summed E-state index contributed by atoms with van der Waals surface area (Å²) in [7, 11) is 0. The fourth-order valence-corrected chi connectivity index (χ4v) is 1.87. The van der Waals surface area contributed by atoms with Crippen LogP contribution >= 0.6 is 34.8 Å². The van der Waals surface area contributed by atoms with Crippen molar-refractivity contribution in [1.82, 2.24) is 0 Å². The number of halogens is 3. The van der Waals surface area contributed by atoms with E-state index in [1.165, 1.54) is 24.3 Å². The SMILES string of the molecule is O=C(O)c1ccc(Cl)cc1Oc1ccc(Cl)c(Cl)c1. The van der Waals surface area contributed by atoms with E-state index in [1.807, 2.05) is 0 Å². The number of carbonyl (C=O) groups is 1. The minimum absolute atomic E-state index is 0.00970. The molecule has 0 aliphatic rings. The lowest BCUT2D eigenvalue weighted by atomic mass is 10.2. The van der Waals surface area contributed by atoms with Gasteiger partial charge >= 0.3 is 5.97 Å². The van der Waals surface area contributed by atoms with E-state index < -0.39 is 5.97 Å². The quantitative estimate of drug-likeness (QED) is 0.853. The predicted molar refractivity (Wildman–Crippen MR) is 74.9 cm³/mol. The monoisotopic (exact) mass is 316 g/mol. The molecule has 0 amide bonds. The van der Waals surface area contributed by atoms with Crippen molar-refractivity contribution < 1.29 is 14.6 Å². The second kappa shape index (κ2) is 5.70. The Hall–Kier alpha value is -1.42. The molecule has 0 saturated carbocycles. The first kappa shape index (κ1) is 14.0. The van der Waals surface area contributed by atoms with Crippen molar-refractivity contribution >= 4 is 40.8 Å². The summed E-state index contributed by atoms with van der Waals surface area (Å²) >= 11 is 17.5. The highest BCUT2D eigenvalue weighted by Crippen LogP contribution is 2.32. The Kier molecular flexibility index (Phi) is 4.20. The Balaban J connectivity index is 2.39. The number of ether oxygens (including phenoxy) is 1. The van der Waals surface area contributed by atoms with E-state index in [0.29, 0.717) is 20.8 Å². The highest BCUT2D eigenvalue weighted by Gasteiger charge is 2.13. The number of hydrogen-bond acceptors (Lipinski definition) is 2. The van der Waals surface area contributed by atoms with E-state index in [2.05, 4.69) is 0 Å². The maximum absolute atomic E-state index is 11.1. The van der Waals surface area contributed by atoms with Crippen molar-refractivity contribution in [1.29, 1.82) is 0 Å². The third-order valence-corrected chi connectivity index (χ3v) is 3.27. The van der Waals surface area contributed by atoms with Gasteiger partial charge in [0, 0.05) is 17.2 Å². The molecule has 98 valence electrons. The van der Waals surface area contributed by atoms with Gasteiger partial charge in [0.25, 0.3) is 0 Å². The minimum Gasteiger partial charge on any atom is -0.478 e. The second-order valence-corrected chi connectivity index (χ2v) is 4.87. The van der Waals surface area contributed by atoms with Crippen molar-refractivity contribution in [3.63, 3.8) is 0 Å². The van der Waals surface area contributed by atoms with Gasteiger partial charge in [0.05, 0.1) is 10.0 Å². The van der Waals surface area contributed by atoms with Gasteiger partial charge in [-0.25, -0.2) is 4.79 Å². The summed E-state index contributed by atoms with van der Waals surface area (Å²) in [6, 6.07) is 8.92. The molecule has 0 fully saturated rings. The Bertz CT molecular complexity index is 641. The molecule has 0 aromatic heterocycles. The molecular formula is C13H7Cl3O3. The number of aromatic carboxylic acids is 1. The maximum Gasteiger partial charge on any atom is 0.339 e. The summed E-state index contributed by atoms with van der Waals surface area (Å²) in [5.74, 6) is -0.593. The van der Waals surface area contributed by atoms with Gasteiger partial charge < -0.3 is 9.84 Å². The first-order valence-electron chi connectivity index (χ1n) is 5.13. The van der Waals surface area contributed by atoms with Gasteiger partial charge in [-0.05, 0) is 24.3 Å². The fourth-order valence-electron chi connectivity index (χ4n) is 1.42. The van der Waals surface area contributed by atoms with Gasteiger partial charge in [-0.1, -0.05) is 34.8 Å². The van der Waals surface area contributed by atoms with Gasteiger partial charge in [0.2, 0.25) is 0 Å². The molecule has 6 heteroatoms. The van der Waals surface area contributed by atoms with Crippen LogP contribution in [0, 0.1) is 0 Å². The molecule has 0 radical (unpaired) electrons. The zero-order valence-electron chi connectivity index (χ0n) is 9.36. The molecule has 0 aliphatic heterocycles. The predicted octanol–water partition coefficient (Wildman–Crippen LogP) is 5.14. The van der Waals surface area contributed by atoms with E-state index in [0.717, 1.165) is 0 Å². The Morgan fingerprint density at radius 2 is 1.74 bits per heavy atom. The molecule has 0 saturated heterocycles. The summed E-state index contributed by atoms with van der Waals surface area (Å²) in [5.41, 5.74) is 0.00970. The van der Waals surface area contributed by atoms with Crippen LogP contribution in [0.15, 0.2) is 36.4 Å². The zero-order chi connectivity index (χ0) is 14.0. The maximum atomic E-state index is 11.1. The molecular weight excluding hydrogens is 310 g/mol. The Morgan fingerprint density at radius 1 is 1.00 bits per heavy atom. The van der Waals surface area contributed by atoms with Crippen molar-refractivity contribution in [3.8, 4) is 11.5 Å². The van der Waals surface area contributed by atoms with E-state index in [1.54, 1.807) is 12.1 Å². The first-order valence-corrected chi connectivity index (χ1v) is 6.26. The van der Waals surface area contributed by atoms with Crippen LogP contribution in [0.3, 0.4) is 0 Å². The number of rotatable bonds is 3. The molecule has 19 heavy (non-hydrogen) atoms. The fraction of sp³-hybridized carbons (Fsp3) is 0. The molecule has 0 bridgehead atoms. The van der Waals surface area contributed by atoms with Crippen LogP contribution < -0.4 is 4.74 Å². The lowest BCUT2D eigenvalue weighted by Gasteiger charge is -2.09. The highest BCUT2D eigenvalue weighted by molar-refractivity contribution is 6.42. The summed E-state index contributed by atoms with van der Waals surface area (Å²) < 4.78 is 5.48. The standard InChI is InChI=1S/C13H7Cl3O3/c14-7-1-3-9(13(17)18)12(5-7)19-8-2-4-10(15)11(16)6-8/h1-6H,(H,17,18). The van der Waals surface area contributed by atoms with E-state index in [9.17, 15) is 4.79 Å². The van der Waals surface area contributed by atoms with Crippen molar-refractivity contribution in [3.05, 3.63) is 57.0 Å². The molecule has 1 N–H and O–H groups in total. The Labute approximate surface area is 124 Å². The normalized spacial score (nSPS) is 10.3. The number of carboxylic acids is 1. The van der Waals surface area contributed by atoms with Gasteiger partial charge in [0.15, 0.2) is 0 Å². The zero-order valence-corrected chi connectivity index (χ0v) is 11.6. The molecule has 0 spiro atoms. The van der Waals surface area contributed by atoms with Crippen LogP contribution in [0.1, 0.15) is 10.4 Å². The minimum atomic E-state index is -1.10. The number of carboxylic acid groups (broad SMARTS) is 1. The molecule has 0 aliphatic carbocycles. The van der Waals surface area contributed by atoms with E-state index in [-0.39, 0.29) is 11.3 Å². The van der Waals surface area contributed by atoms with Crippen LogP contribution in [0.5, 0.6) is 11.5 Å². The average Bonchev–Trinajstić information content (AvgIpc) is 2.33. The summed E-state index contributed by atoms with van der Waals surface area (Å²) in [5, 5.41) is 10.1. The highest BCUT2D eigenvalue weighted by atomic mass is 35.5. The van der Waals surface area contributed by atoms with Crippen LogP contribution in [0.4, 0.5) is 0 Å². The molecule has 0 unspecified atom stereocenters. The summed E-state index contributed by atoms with van der Waals surface area (Å²) in [4.78, 5) is 11.1. The van der Waals surface area contributed by atoms with Gasteiger partial charge in [-0.2, -0.15) is 0 Å². The number of hydrogen-bond donors (Lipinski definition) is 1. The van der Waals surface area contributed by atoms with E-state index >= 15 is 0 Å². The van der Waals surface area contributed by atoms with Crippen molar-refractivity contribution in [2.24, 2.45) is 0 Å². The third-order valence-electron chi connectivity index (χ3n) is 2.29. The van der Waals surface area contributed by atoms with Gasteiger partial charge in [-0.3, -0.25) is 0 Å². The number of benzene rings is 2. The van der Waals surface area contributed by atoms with Gasteiger partial charge in [0.1, 0.15) is 17.1 Å². The van der Waals surface area contributed by atoms with Crippen LogP contribution in [0.2, 0.25) is 15.1 Å². The first-order chi connectivity index (χ1) is 8.97. The summed E-state index contributed by atoms with van der Waals surface area (Å²) in [6.07, 6.45) is 0. The summed E-state index contributed by atoms with van der Waals surface area (Å²) in [6.45, 7) is 0. The van der Waals surface area contributed by atoms with Crippen molar-refractivity contribution in [2.75, 3.05) is 0 Å². The molecule has 0 atom stereocenters. The van der Waals surface area contributed by atoms with Crippen LogP contribution in [-0.2, 0) is 0 Å². The topological polar surface area (TPSA) is 46.5 Å². The van der Waals surface area contributed by atoms with Crippen LogP contribution in [-0.4, -0.2) is 11.1 Å². The molecule has 3 nitrogen and oxygen atoms in total. The van der Waals surface area contributed by atoms with Gasteiger partial charge in [-0.15, -0.1) is 0 Å². The third kappa shape index (κ3) is 3.32. The Morgan fingerprint density at radius 3 is 2.37 bits per heavy atom. The average molecular weight is 318 g/mol. The van der Waals surface area contributed by atoms with Crippen molar-refractivity contribution in [2.45, 2.75) is 0 Å². The van der Waals surface area contributed by atoms with Crippen LogP contribution in [0.25, 0.3) is 0 Å². The molecule has 0 heterocycles. The van der Waals surface area contributed by atoms with E-state index in [4.69, 9.17) is 44.6 Å². The molecule has 2 aromatic carbocycles. The second-order valence-electron chi connectivity index (χ2n) is 3.62.